The molecule has 19 heavy (non-hydrogen) atoms. The first-order chi connectivity index (χ1) is 9.02. The van der Waals surface area contributed by atoms with Crippen LogP contribution in [0.15, 0.2) is 18.6 Å². The van der Waals surface area contributed by atoms with Gasteiger partial charge < -0.3 is 4.90 Å². The summed E-state index contributed by atoms with van der Waals surface area (Å²) >= 11 is 6.08. The van der Waals surface area contributed by atoms with Crippen LogP contribution in [0.3, 0.4) is 0 Å². The normalized spacial score (nSPS) is 10.7. The second-order valence-corrected chi connectivity index (χ2v) is 4.73. The van der Waals surface area contributed by atoms with E-state index in [1.807, 2.05) is 6.92 Å². The predicted molar refractivity (Wildman–Crippen MR) is 71.9 cm³/mol. The SMILES string of the molecule is CCn1ncc(Cl)c1CN(C)C(=O)c1cnn(C)c1. The molecule has 0 unspecified atom stereocenters. The van der Waals surface area contributed by atoms with E-state index in [2.05, 4.69) is 10.2 Å². The molecule has 2 heterocycles. The van der Waals surface area contributed by atoms with Gasteiger partial charge in [-0.2, -0.15) is 10.2 Å². The monoisotopic (exact) mass is 281 g/mol. The van der Waals surface area contributed by atoms with E-state index in [4.69, 9.17) is 11.6 Å². The van der Waals surface area contributed by atoms with Crippen LogP contribution in [0.2, 0.25) is 5.02 Å². The standard InChI is InChI=1S/C12H16ClN5O/c1-4-18-11(10(13)6-15-18)8-16(2)12(19)9-5-14-17(3)7-9/h5-7H,4,8H2,1-3H3. The van der Waals surface area contributed by atoms with Crippen molar-refractivity contribution in [2.75, 3.05) is 7.05 Å². The third-order valence-corrected chi connectivity index (χ3v) is 3.20. The summed E-state index contributed by atoms with van der Waals surface area (Å²) < 4.78 is 3.39. The number of carbonyl (C=O) groups excluding carboxylic acids is 1. The maximum Gasteiger partial charge on any atom is 0.257 e. The van der Waals surface area contributed by atoms with E-state index in [9.17, 15) is 4.79 Å². The molecule has 2 rings (SSSR count). The Morgan fingerprint density at radius 3 is 2.74 bits per heavy atom. The third-order valence-electron chi connectivity index (χ3n) is 2.88. The number of hydrogen-bond donors (Lipinski definition) is 0. The van der Waals surface area contributed by atoms with E-state index >= 15 is 0 Å². The molecule has 0 saturated heterocycles. The van der Waals surface area contributed by atoms with Gasteiger partial charge >= 0.3 is 0 Å². The molecule has 0 aromatic carbocycles. The summed E-state index contributed by atoms with van der Waals surface area (Å²) in [7, 11) is 3.51. The molecule has 0 aliphatic carbocycles. The van der Waals surface area contributed by atoms with Crippen LogP contribution >= 0.6 is 11.6 Å². The van der Waals surface area contributed by atoms with E-state index in [0.717, 1.165) is 12.2 Å². The average molecular weight is 282 g/mol. The molecular weight excluding hydrogens is 266 g/mol. The first kappa shape index (κ1) is 13.6. The van der Waals surface area contributed by atoms with Gasteiger partial charge in [-0.15, -0.1) is 0 Å². The Morgan fingerprint density at radius 1 is 1.42 bits per heavy atom. The molecule has 0 spiro atoms. The Balaban J connectivity index is 2.14. The maximum atomic E-state index is 12.2. The van der Waals surface area contributed by atoms with Crippen molar-refractivity contribution in [3.63, 3.8) is 0 Å². The molecule has 0 N–H and O–H groups in total. The van der Waals surface area contributed by atoms with Gasteiger partial charge in [0.1, 0.15) is 0 Å². The van der Waals surface area contributed by atoms with E-state index in [-0.39, 0.29) is 5.91 Å². The van der Waals surface area contributed by atoms with Crippen molar-refractivity contribution >= 4 is 17.5 Å². The molecule has 0 bridgehead atoms. The summed E-state index contributed by atoms with van der Waals surface area (Å²) in [5.74, 6) is -0.0898. The van der Waals surface area contributed by atoms with Gasteiger partial charge in [0.05, 0.1) is 35.2 Å². The van der Waals surface area contributed by atoms with Gasteiger partial charge in [-0.1, -0.05) is 11.6 Å². The van der Waals surface area contributed by atoms with Gasteiger partial charge in [0.15, 0.2) is 0 Å². The lowest BCUT2D eigenvalue weighted by Crippen LogP contribution is -2.27. The highest BCUT2D eigenvalue weighted by molar-refractivity contribution is 6.31. The van der Waals surface area contributed by atoms with E-state index in [1.54, 1.807) is 46.9 Å². The Hall–Kier alpha value is -1.82. The highest BCUT2D eigenvalue weighted by Crippen LogP contribution is 2.17. The molecule has 2 aromatic heterocycles. The Kier molecular flexibility index (Phi) is 3.90. The molecule has 0 saturated carbocycles. The fourth-order valence-electron chi connectivity index (χ4n) is 1.87. The topological polar surface area (TPSA) is 56.0 Å². The molecule has 0 atom stereocenters. The summed E-state index contributed by atoms with van der Waals surface area (Å²) in [6, 6.07) is 0. The average Bonchev–Trinajstić information content (AvgIpc) is 2.96. The van der Waals surface area contributed by atoms with Crippen molar-refractivity contribution in [2.24, 2.45) is 7.05 Å². The van der Waals surface area contributed by atoms with E-state index in [1.165, 1.54) is 0 Å². The predicted octanol–water partition coefficient (Wildman–Crippen LogP) is 1.56. The first-order valence-electron chi connectivity index (χ1n) is 5.97. The van der Waals surface area contributed by atoms with Crippen molar-refractivity contribution in [3.8, 4) is 0 Å². The quantitative estimate of drug-likeness (QED) is 0.855. The summed E-state index contributed by atoms with van der Waals surface area (Å²) in [6.45, 7) is 3.12. The number of hydrogen-bond acceptors (Lipinski definition) is 3. The summed E-state index contributed by atoms with van der Waals surface area (Å²) in [5, 5.41) is 8.72. The molecule has 102 valence electrons. The van der Waals surface area contributed by atoms with Crippen molar-refractivity contribution in [2.45, 2.75) is 20.0 Å². The molecule has 0 fully saturated rings. The minimum Gasteiger partial charge on any atom is -0.336 e. The minimum absolute atomic E-state index is 0.0898. The van der Waals surface area contributed by atoms with Crippen LogP contribution in [0.1, 0.15) is 23.0 Å². The minimum atomic E-state index is -0.0898. The lowest BCUT2D eigenvalue weighted by molar-refractivity contribution is 0.0781. The molecule has 0 aliphatic rings. The molecule has 0 radical (unpaired) electrons. The number of nitrogens with zero attached hydrogens (tertiary/aromatic N) is 5. The summed E-state index contributed by atoms with van der Waals surface area (Å²) in [4.78, 5) is 13.8. The molecular formula is C12H16ClN5O. The number of rotatable bonds is 4. The first-order valence-corrected chi connectivity index (χ1v) is 6.35. The zero-order valence-corrected chi connectivity index (χ0v) is 11.9. The van der Waals surface area contributed by atoms with Crippen molar-refractivity contribution in [1.82, 2.24) is 24.5 Å². The Morgan fingerprint density at radius 2 is 2.16 bits per heavy atom. The largest absolute Gasteiger partial charge is 0.336 e. The lowest BCUT2D eigenvalue weighted by Gasteiger charge is -2.17. The zero-order chi connectivity index (χ0) is 14.0. The van der Waals surface area contributed by atoms with Gasteiger partial charge in [-0.25, -0.2) is 0 Å². The van der Waals surface area contributed by atoms with Gasteiger partial charge in [-0.05, 0) is 6.92 Å². The molecule has 2 aromatic rings. The fourth-order valence-corrected chi connectivity index (χ4v) is 2.07. The van der Waals surface area contributed by atoms with Crippen molar-refractivity contribution < 1.29 is 4.79 Å². The number of halogens is 1. The molecule has 0 aliphatic heterocycles. The van der Waals surface area contributed by atoms with Crippen LogP contribution < -0.4 is 0 Å². The van der Waals surface area contributed by atoms with Crippen LogP contribution in [0.25, 0.3) is 0 Å². The second kappa shape index (κ2) is 5.44. The van der Waals surface area contributed by atoms with Crippen LogP contribution in [-0.2, 0) is 20.1 Å². The van der Waals surface area contributed by atoms with Gasteiger partial charge in [0.25, 0.3) is 5.91 Å². The van der Waals surface area contributed by atoms with Crippen LogP contribution in [0.4, 0.5) is 0 Å². The van der Waals surface area contributed by atoms with Crippen LogP contribution in [-0.4, -0.2) is 37.4 Å². The van der Waals surface area contributed by atoms with Crippen molar-refractivity contribution in [1.29, 1.82) is 0 Å². The van der Waals surface area contributed by atoms with Crippen molar-refractivity contribution in [3.05, 3.63) is 34.9 Å². The lowest BCUT2D eigenvalue weighted by atomic mass is 10.3. The number of aromatic nitrogens is 4. The van der Waals surface area contributed by atoms with Crippen LogP contribution in [0, 0.1) is 0 Å². The van der Waals surface area contributed by atoms with Gasteiger partial charge in [-0.3, -0.25) is 14.2 Å². The smallest absolute Gasteiger partial charge is 0.257 e. The van der Waals surface area contributed by atoms with E-state index in [0.29, 0.717) is 17.1 Å². The molecule has 7 heteroatoms. The highest BCUT2D eigenvalue weighted by atomic mass is 35.5. The molecule has 6 nitrogen and oxygen atoms in total. The zero-order valence-electron chi connectivity index (χ0n) is 11.2. The van der Waals surface area contributed by atoms with Crippen LogP contribution in [0.5, 0.6) is 0 Å². The second-order valence-electron chi connectivity index (χ2n) is 4.32. The fraction of sp³-hybridized carbons (Fsp3) is 0.417. The Bertz CT molecular complexity index is 589. The number of carbonyl (C=O) groups is 1. The summed E-state index contributed by atoms with van der Waals surface area (Å²) in [5.41, 5.74) is 1.40. The molecule has 1 amide bonds. The number of amides is 1. The van der Waals surface area contributed by atoms with E-state index < -0.39 is 0 Å². The highest BCUT2D eigenvalue weighted by Gasteiger charge is 2.17. The van der Waals surface area contributed by atoms with Gasteiger partial charge in [0, 0.05) is 26.8 Å². The number of aryl methyl sites for hydroxylation is 2. The maximum absolute atomic E-state index is 12.2. The third kappa shape index (κ3) is 2.78. The summed E-state index contributed by atoms with van der Waals surface area (Å²) in [6.07, 6.45) is 4.85. The van der Waals surface area contributed by atoms with Gasteiger partial charge in [0.2, 0.25) is 0 Å². The Labute approximate surface area is 116 Å².